The molecule has 53 heavy (non-hydrogen) atoms. The molecular formula is C42H39N3O8. The van der Waals surface area contributed by atoms with Gasteiger partial charge in [0.25, 0.3) is 0 Å². The van der Waals surface area contributed by atoms with Gasteiger partial charge in [0, 0.05) is 53.4 Å². The number of fused-ring (bicyclic) bond motifs is 6. The largest absolute Gasteiger partial charge is 0.508 e. The van der Waals surface area contributed by atoms with Gasteiger partial charge in [-0.3, -0.25) is 4.79 Å². The van der Waals surface area contributed by atoms with E-state index in [1.54, 1.807) is 24.3 Å². The Morgan fingerprint density at radius 2 is 1.43 bits per heavy atom. The predicted molar refractivity (Wildman–Crippen MR) is 197 cm³/mol. The van der Waals surface area contributed by atoms with E-state index in [2.05, 4.69) is 10.6 Å². The quantitative estimate of drug-likeness (QED) is 0.117. The summed E-state index contributed by atoms with van der Waals surface area (Å²) in [4.78, 5) is 42.3. The van der Waals surface area contributed by atoms with Crippen LogP contribution in [0.4, 0.5) is 10.5 Å². The molecule has 2 amide bonds. The molecule has 7 rings (SSSR count). The molecule has 2 atom stereocenters. The van der Waals surface area contributed by atoms with Crippen molar-refractivity contribution in [1.82, 2.24) is 10.2 Å². The van der Waals surface area contributed by atoms with E-state index in [1.165, 1.54) is 30.3 Å². The highest BCUT2D eigenvalue weighted by atomic mass is 16.6. The van der Waals surface area contributed by atoms with Crippen molar-refractivity contribution in [2.45, 2.75) is 24.5 Å². The minimum atomic E-state index is -1.43. The number of nitrogens with one attached hydrogen (secondary N) is 2. The number of phenols is 2. The van der Waals surface area contributed by atoms with Crippen molar-refractivity contribution < 1.29 is 38.8 Å². The van der Waals surface area contributed by atoms with Crippen molar-refractivity contribution in [3.8, 4) is 23.0 Å². The Morgan fingerprint density at radius 3 is 2.06 bits per heavy atom. The van der Waals surface area contributed by atoms with Crippen molar-refractivity contribution >= 4 is 23.7 Å². The highest BCUT2D eigenvalue weighted by Crippen LogP contribution is 2.57. The lowest BCUT2D eigenvalue weighted by Crippen LogP contribution is -2.47. The second kappa shape index (κ2) is 14.0. The van der Waals surface area contributed by atoms with Gasteiger partial charge in [-0.2, -0.15) is 0 Å². The normalized spacial score (nSPS) is 15.2. The monoisotopic (exact) mass is 713 g/mol. The van der Waals surface area contributed by atoms with Crippen LogP contribution in [-0.2, 0) is 31.9 Å². The lowest BCUT2D eigenvalue weighted by molar-refractivity contribution is -0.115. The molecule has 0 bridgehead atoms. The van der Waals surface area contributed by atoms with E-state index in [9.17, 15) is 24.6 Å². The second-order valence-electron chi connectivity index (χ2n) is 13.7. The maximum absolute atomic E-state index is 13.6. The number of alkyl carbamates (subject to hydrolysis) is 1. The first-order valence-corrected chi connectivity index (χ1v) is 17.2. The first-order valence-electron chi connectivity index (χ1n) is 17.2. The number of hydrogen-bond donors (Lipinski definition) is 4. The van der Waals surface area contributed by atoms with Gasteiger partial charge < -0.3 is 40.0 Å². The number of ether oxygens (including phenoxy) is 3. The van der Waals surface area contributed by atoms with Gasteiger partial charge in [0.2, 0.25) is 5.91 Å². The number of benzene rings is 5. The van der Waals surface area contributed by atoms with E-state index in [4.69, 9.17) is 14.2 Å². The average Bonchev–Trinajstić information content (AvgIpc) is 3.42. The van der Waals surface area contributed by atoms with Gasteiger partial charge in [-0.05, 0) is 61.6 Å². The summed E-state index contributed by atoms with van der Waals surface area (Å²) >= 11 is 0. The molecule has 0 saturated heterocycles. The van der Waals surface area contributed by atoms with Gasteiger partial charge in [-0.25, -0.2) is 9.59 Å². The molecule has 5 aromatic rings. The Bertz CT molecular complexity index is 2140. The molecule has 2 aliphatic heterocycles. The van der Waals surface area contributed by atoms with E-state index in [0.29, 0.717) is 35.3 Å². The minimum Gasteiger partial charge on any atom is -0.508 e. The van der Waals surface area contributed by atoms with E-state index >= 15 is 0 Å². The zero-order valence-corrected chi connectivity index (χ0v) is 29.5. The first kappa shape index (κ1) is 35.1. The molecule has 5 aromatic carbocycles. The highest BCUT2D eigenvalue weighted by Gasteiger charge is 2.53. The zero-order valence-electron chi connectivity index (χ0n) is 29.5. The summed E-state index contributed by atoms with van der Waals surface area (Å²) in [5, 5.41) is 25.7. The minimum absolute atomic E-state index is 0.0485. The molecule has 1 spiro atoms. The molecule has 4 N–H and O–H groups in total. The van der Waals surface area contributed by atoms with E-state index in [1.807, 2.05) is 86.6 Å². The van der Waals surface area contributed by atoms with Crippen LogP contribution in [0.5, 0.6) is 23.0 Å². The van der Waals surface area contributed by atoms with Crippen LogP contribution in [0.25, 0.3) is 0 Å². The van der Waals surface area contributed by atoms with Crippen LogP contribution < -0.4 is 15.4 Å². The van der Waals surface area contributed by atoms with Crippen LogP contribution in [0.2, 0.25) is 0 Å². The SMILES string of the molecule is C[C@H](CN(C)C)[C@](Cc1ccccc1)(OC(=O)NCC(=O)Nc1ccc2c(c1)C(=O)OC21c2ccc(O)cc2Oc2cc(O)ccc21)c1ccccc1. The summed E-state index contributed by atoms with van der Waals surface area (Å²) in [5.74, 6) is -0.892. The van der Waals surface area contributed by atoms with Crippen LogP contribution in [0.3, 0.4) is 0 Å². The summed E-state index contributed by atoms with van der Waals surface area (Å²) in [6, 6.07) is 33.3. The number of carbonyl (C=O) groups is 3. The fraction of sp³-hybridized carbons (Fsp3) is 0.214. The topological polar surface area (TPSA) is 147 Å². The Balaban J connectivity index is 1.11. The number of rotatable bonds is 10. The Labute approximate surface area is 306 Å². The lowest BCUT2D eigenvalue weighted by Gasteiger charge is -2.40. The molecule has 0 aliphatic carbocycles. The molecule has 2 heterocycles. The number of anilines is 1. The van der Waals surface area contributed by atoms with Crippen LogP contribution in [-0.4, -0.2) is 60.3 Å². The van der Waals surface area contributed by atoms with Crippen molar-refractivity contribution in [3.63, 3.8) is 0 Å². The van der Waals surface area contributed by atoms with E-state index in [-0.39, 0.29) is 34.5 Å². The third-order valence-electron chi connectivity index (χ3n) is 9.73. The van der Waals surface area contributed by atoms with E-state index < -0.39 is 35.7 Å². The summed E-state index contributed by atoms with van der Waals surface area (Å²) < 4.78 is 18.5. The van der Waals surface area contributed by atoms with Crippen LogP contribution in [0.15, 0.2) is 115 Å². The van der Waals surface area contributed by atoms with Crippen LogP contribution >= 0.6 is 0 Å². The molecule has 270 valence electrons. The summed E-state index contributed by atoms with van der Waals surface area (Å²) in [6.45, 7) is 2.28. The summed E-state index contributed by atoms with van der Waals surface area (Å²) in [7, 11) is 3.94. The number of hydrogen-bond acceptors (Lipinski definition) is 9. The predicted octanol–water partition coefficient (Wildman–Crippen LogP) is 6.67. The smallest absolute Gasteiger partial charge is 0.408 e. The summed E-state index contributed by atoms with van der Waals surface area (Å²) in [5.41, 5.74) is 1.33. The standard InChI is InChI=1S/C42H39N3O8/c1-26(25-45(2)3)41(28-12-8-5-9-13-28,23-27-10-6-4-7-11-27)53-40(50)43-24-38(48)44-29-14-17-33-32(20-29)39(49)52-42(33)34-18-15-30(46)21-36(34)51-37-22-31(47)16-19-35(37)42/h4-22,26,46-47H,23-25H2,1-3H3,(H,43,50)(H,44,48)/t26-,41+/m1/s1. The maximum atomic E-state index is 13.6. The summed E-state index contributed by atoms with van der Waals surface area (Å²) in [6.07, 6.45) is -0.332. The fourth-order valence-corrected chi connectivity index (χ4v) is 7.41. The van der Waals surface area contributed by atoms with Crippen molar-refractivity contribution in [2.24, 2.45) is 5.92 Å². The number of esters is 1. The fourth-order valence-electron chi connectivity index (χ4n) is 7.41. The van der Waals surface area contributed by atoms with Gasteiger partial charge in [-0.15, -0.1) is 0 Å². The van der Waals surface area contributed by atoms with Gasteiger partial charge in [0.15, 0.2) is 5.60 Å². The molecule has 0 saturated carbocycles. The third kappa shape index (κ3) is 6.62. The first-order chi connectivity index (χ1) is 25.5. The van der Waals surface area contributed by atoms with Gasteiger partial charge in [-0.1, -0.05) is 73.7 Å². The second-order valence-corrected chi connectivity index (χ2v) is 13.7. The number of phenolic OH excluding ortho intramolecular Hbond substituents is 2. The number of aromatic hydroxyl groups is 2. The Kier molecular flexibility index (Phi) is 9.27. The molecule has 0 unspecified atom stereocenters. The van der Waals surface area contributed by atoms with Gasteiger partial charge in [0.05, 0.1) is 5.56 Å². The van der Waals surface area contributed by atoms with Crippen molar-refractivity contribution in [2.75, 3.05) is 32.5 Å². The Hall–Kier alpha value is -6.33. The lowest BCUT2D eigenvalue weighted by atomic mass is 9.77. The molecule has 0 aromatic heterocycles. The molecular weight excluding hydrogens is 674 g/mol. The number of carbonyl (C=O) groups excluding carboxylic acids is 3. The zero-order chi connectivity index (χ0) is 37.3. The molecule has 0 radical (unpaired) electrons. The number of amides is 2. The Morgan fingerprint density at radius 1 is 0.830 bits per heavy atom. The van der Waals surface area contributed by atoms with Crippen LogP contribution in [0.1, 0.15) is 45.1 Å². The van der Waals surface area contributed by atoms with Crippen molar-refractivity contribution in [1.29, 1.82) is 0 Å². The van der Waals surface area contributed by atoms with Crippen molar-refractivity contribution in [3.05, 3.63) is 149 Å². The van der Waals surface area contributed by atoms with Gasteiger partial charge >= 0.3 is 12.1 Å². The highest BCUT2D eigenvalue weighted by molar-refractivity contribution is 6.00. The van der Waals surface area contributed by atoms with Crippen LogP contribution in [0, 0.1) is 5.92 Å². The van der Waals surface area contributed by atoms with Gasteiger partial charge in [0.1, 0.15) is 35.1 Å². The maximum Gasteiger partial charge on any atom is 0.408 e. The molecule has 0 fully saturated rings. The third-order valence-corrected chi connectivity index (χ3v) is 9.73. The molecule has 2 aliphatic rings. The molecule has 11 heteroatoms. The molecule has 11 nitrogen and oxygen atoms in total. The average molecular weight is 714 g/mol. The van der Waals surface area contributed by atoms with E-state index in [0.717, 1.165) is 11.1 Å². The number of nitrogens with zero attached hydrogens (tertiary/aromatic N) is 1.